The summed E-state index contributed by atoms with van der Waals surface area (Å²) in [5.74, 6) is 0.494. The number of rotatable bonds is 3. The summed E-state index contributed by atoms with van der Waals surface area (Å²) in [5.41, 5.74) is 3.78. The molecule has 3 rings (SSSR count). The molecule has 1 aromatic heterocycles. The number of benzene rings is 2. The molecule has 4 nitrogen and oxygen atoms in total. The lowest BCUT2D eigenvalue weighted by molar-refractivity contribution is 0.142. The van der Waals surface area contributed by atoms with Gasteiger partial charge in [0.25, 0.3) is 0 Å². The molecule has 0 aliphatic heterocycles. The van der Waals surface area contributed by atoms with Gasteiger partial charge in [-0.3, -0.25) is 0 Å². The van der Waals surface area contributed by atoms with Gasteiger partial charge in [0.1, 0.15) is 12.9 Å². The number of hydrogen-bond acceptors (Lipinski definition) is 3. The molecule has 0 saturated carbocycles. The number of carbonyl (C=O) groups is 1. The molecule has 3 aromatic rings. The van der Waals surface area contributed by atoms with E-state index in [1.54, 1.807) is 0 Å². The second-order valence-electron chi connectivity index (χ2n) is 5.55. The molecular formula is C18H18N2O2. The maximum Gasteiger partial charge on any atom is 0.420 e. The van der Waals surface area contributed by atoms with Crippen LogP contribution in [0.4, 0.5) is 4.79 Å². The number of hydrogen-bond donors (Lipinski definition) is 0. The molecule has 0 atom stereocenters. The second-order valence-corrected chi connectivity index (χ2v) is 5.55. The molecule has 0 saturated heterocycles. The lowest BCUT2D eigenvalue weighted by Crippen LogP contribution is -2.12. The maximum absolute atomic E-state index is 12.2. The van der Waals surface area contributed by atoms with Crippen molar-refractivity contribution in [2.45, 2.75) is 26.4 Å². The largest absolute Gasteiger partial charge is 0.444 e. The van der Waals surface area contributed by atoms with Crippen LogP contribution in [-0.4, -0.2) is 15.6 Å². The fraction of sp³-hybridized carbons (Fsp3) is 0.222. The molecule has 0 radical (unpaired) electrons. The van der Waals surface area contributed by atoms with Gasteiger partial charge in [-0.2, -0.15) is 0 Å². The highest BCUT2D eigenvalue weighted by molar-refractivity contribution is 5.86. The van der Waals surface area contributed by atoms with Crippen LogP contribution in [0.15, 0.2) is 54.9 Å². The van der Waals surface area contributed by atoms with Crippen molar-refractivity contribution in [3.05, 3.63) is 66.0 Å². The van der Waals surface area contributed by atoms with Crippen LogP contribution < -0.4 is 0 Å². The highest BCUT2D eigenvalue weighted by Gasteiger charge is 2.11. The molecule has 22 heavy (non-hydrogen) atoms. The summed E-state index contributed by atoms with van der Waals surface area (Å²) in [5, 5.41) is 0. The summed E-state index contributed by atoms with van der Waals surface area (Å²) in [6.07, 6.45) is 1.08. The fourth-order valence-electron chi connectivity index (χ4n) is 2.32. The Labute approximate surface area is 129 Å². The molecule has 4 heteroatoms. The van der Waals surface area contributed by atoms with Crippen molar-refractivity contribution in [3.63, 3.8) is 0 Å². The molecule has 0 bridgehead atoms. The van der Waals surface area contributed by atoms with Crippen molar-refractivity contribution >= 4 is 17.1 Å². The SMILES string of the molecule is CC(C)c1ccc(COC(=O)n2cnc3ccccc32)cc1. The molecule has 0 N–H and O–H groups in total. The lowest BCUT2D eigenvalue weighted by Gasteiger charge is -2.08. The average molecular weight is 294 g/mol. The number of fused-ring (bicyclic) bond motifs is 1. The van der Waals surface area contributed by atoms with Crippen LogP contribution in [0, 0.1) is 0 Å². The highest BCUT2D eigenvalue weighted by atomic mass is 16.5. The smallest absolute Gasteiger partial charge is 0.420 e. The zero-order chi connectivity index (χ0) is 15.5. The van der Waals surface area contributed by atoms with Gasteiger partial charge < -0.3 is 4.74 Å². The van der Waals surface area contributed by atoms with E-state index in [0.29, 0.717) is 5.92 Å². The first-order chi connectivity index (χ1) is 10.6. The Hall–Kier alpha value is -2.62. The summed E-state index contributed by atoms with van der Waals surface area (Å²) >= 11 is 0. The van der Waals surface area contributed by atoms with E-state index in [0.717, 1.165) is 16.6 Å². The molecular weight excluding hydrogens is 276 g/mol. The Morgan fingerprint density at radius 2 is 1.86 bits per heavy atom. The van der Waals surface area contributed by atoms with Gasteiger partial charge in [-0.05, 0) is 29.2 Å². The van der Waals surface area contributed by atoms with E-state index in [4.69, 9.17) is 4.74 Å². The first kappa shape index (κ1) is 14.3. The van der Waals surface area contributed by atoms with E-state index >= 15 is 0 Å². The molecule has 0 aliphatic carbocycles. The van der Waals surface area contributed by atoms with Crippen LogP contribution in [0.25, 0.3) is 11.0 Å². The molecule has 0 aliphatic rings. The number of carbonyl (C=O) groups excluding carboxylic acids is 1. The van der Waals surface area contributed by atoms with Crippen molar-refractivity contribution in [1.82, 2.24) is 9.55 Å². The standard InChI is InChI=1S/C18H18N2O2/c1-13(2)15-9-7-14(8-10-15)11-22-18(21)20-12-19-16-5-3-4-6-17(16)20/h3-10,12-13H,11H2,1-2H3. The van der Waals surface area contributed by atoms with Gasteiger partial charge in [0, 0.05) is 0 Å². The number of para-hydroxylation sites is 2. The second kappa shape index (κ2) is 6.02. The first-order valence-corrected chi connectivity index (χ1v) is 7.33. The molecule has 0 unspecified atom stereocenters. The van der Waals surface area contributed by atoms with Gasteiger partial charge in [0.15, 0.2) is 0 Å². The van der Waals surface area contributed by atoms with Crippen LogP contribution in [0.5, 0.6) is 0 Å². The zero-order valence-electron chi connectivity index (χ0n) is 12.7. The van der Waals surface area contributed by atoms with E-state index < -0.39 is 6.09 Å². The Bertz CT molecular complexity index is 788. The normalized spacial score (nSPS) is 11.0. The minimum absolute atomic E-state index is 0.254. The van der Waals surface area contributed by atoms with E-state index in [9.17, 15) is 4.79 Å². The third-order valence-corrected chi connectivity index (χ3v) is 3.66. The Kier molecular flexibility index (Phi) is 3.92. The van der Waals surface area contributed by atoms with Crippen molar-refractivity contribution in [2.75, 3.05) is 0 Å². The molecule has 112 valence electrons. The Balaban J connectivity index is 1.69. The summed E-state index contributed by atoms with van der Waals surface area (Å²) < 4.78 is 6.79. The third kappa shape index (κ3) is 2.86. The van der Waals surface area contributed by atoms with Gasteiger partial charge in [0.05, 0.1) is 11.0 Å². The Morgan fingerprint density at radius 1 is 1.14 bits per heavy atom. The summed E-state index contributed by atoms with van der Waals surface area (Å²) in [4.78, 5) is 16.4. The predicted octanol–water partition coefficient (Wildman–Crippen LogP) is 4.34. The zero-order valence-corrected chi connectivity index (χ0v) is 12.7. The number of imidazole rings is 1. The van der Waals surface area contributed by atoms with Crippen molar-refractivity contribution in [3.8, 4) is 0 Å². The minimum Gasteiger partial charge on any atom is -0.444 e. The van der Waals surface area contributed by atoms with E-state index in [1.165, 1.54) is 16.5 Å². The number of ether oxygens (including phenoxy) is 1. The van der Waals surface area contributed by atoms with Crippen molar-refractivity contribution in [1.29, 1.82) is 0 Å². The number of aromatic nitrogens is 2. The highest BCUT2D eigenvalue weighted by Crippen LogP contribution is 2.16. The predicted molar refractivity (Wildman–Crippen MR) is 85.8 cm³/mol. The maximum atomic E-state index is 12.2. The van der Waals surface area contributed by atoms with Crippen LogP contribution in [-0.2, 0) is 11.3 Å². The summed E-state index contributed by atoms with van der Waals surface area (Å²) in [6.45, 7) is 4.56. The summed E-state index contributed by atoms with van der Waals surface area (Å²) in [7, 11) is 0. The monoisotopic (exact) mass is 294 g/mol. The van der Waals surface area contributed by atoms with Gasteiger partial charge in [-0.15, -0.1) is 0 Å². The van der Waals surface area contributed by atoms with Crippen LogP contribution in [0.2, 0.25) is 0 Å². The third-order valence-electron chi connectivity index (χ3n) is 3.66. The van der Waals surface area contributed by atoms with Gasteiger partial charge in [0.2, 0.25) is 0 Å². The topological polar surface area (TPSA) is 44.1 Å². The van der Waals surface area contributed by atoms with Crippen LogP contribution >= 0.6 is 0 Å². The molecule has 0 spiro atoms. The molecule has 0 fully saturated rings. The molecule has 0 amide bonds. The van der Waals surface area contributed by atoms with Crippen molar-refractivity contribution < 1.29 is 9.53 Å². The van der Waals surface area contributed by atoms with Gasteiger partial charge in [-0.1, -0.05) is 50.2 Å². The number of nitrogens with zero attached hydrogens (tertiary/aromatic N) is 2. The summed E-state index contributed by atoms with van der Waals surface area (Å²) in [6, 6.07) is 15.6. The molecule has 1 heterocycles. The van der Waals surface area contributed by atoms with Gasteiger partial charge in [-0.25, -0.2) is 14.3 Å². The minimum atomic E-state index is -0.415. The van der Waals surface area contributed by atoms with Crippen LogP contribution in [0.3, 0.4) is 0 Å². The van der Waals surface area contributed by atoms with E-state index in [2.05, 4.69) is 31.0 Å². The average Bonchev–Trinajstić information content (AvgIpc) is 2.97. The quantitative estimate of drug-likeness (QED) is 0.721. The first-order valence-electron chi connectivity index (χ1n) is 7.33. The lowest BCUT2D eigenvalue weighted by atomic mass is 10.0. The van der Waals surface area contributed by atoms with Crippen molar-refractivity contribution in [2.24, 2.45) is 0 Å². The Morgan fingerprint density at radius 3 is 2.59 bits per heavy atom. The fourth-order valence-corrected chi connectivity index (χ4v) is 2.32. The van der Waals surface area contributed by atoms with E-state index in [1.807, 2.05) is 36.4 Å². The van der Waals surface area contributed by atoms with Gasteiger partial charge >= 0.3 is 6.09 Å². The van der Waals surface area contributed by atoms with E-state index in [-0.39, 0.29) is 6.61 Å². The molecule has 2 aromatic carbocycles. The van der Waals surface area contributed by atoms with Crippen LogP contribution in [0.1, 0.15) is 30.9 Å².